The van der Waals surface area contributed by atoms with Gasteiger partial charge in [0.15, 0.2) is 0 Å². The lowest BCUT2D eigenvalue weighted by molar-refractivity contribution is 0.693. The van der Waals surface area contributed by atoms with Crippen molar-refractivity contribution >= 4 is 17.1 Å². The summed E-state index contributed by atoms with van der Waals surface area (Å²) in [6, 6.07) is 72.9. The van der Waals surface area contributed by atoms with E-state index in [-0.39, 0.29) is 0 Å². The maximum atomic E-state index is 2.52. The molecule has 4 aliphatic carbocycles. The molecule has 0 saturated carbocycles. The average Bonchev–Trinajstić information content (AvgIpc) is 3.88. The zero-order valence-electron chi connectivity index (χ0n) is 31.6. The highest BCUT2D eigenvalue weighted by atomic mass is 15.1. The second-order valence-corrected chi connectivity index (χ2v) is 15.8. The molecule has 1 unspecified atom stereocenters. The number of para-hydroxylation sites is 1. The molecule has 0 radical (unpaired) electrons. The van der Waals surface area contributed by atoms with Crippen LogP contribution in [0.25, 0.3) is 33.4 Å². The topological polar surface area (TPSA) is 3.24 Å². The van der Waals surface area contributed by atoms with Crippen LogP contribution in [0.1, 0.15) is 51.8 Å². The maximum Gasteiger partial charge on any atom is 0.0726 e. The van der Waals surface area contributed by atoms with Gasteiger partial charge in [0.2, 0.25) is 0 Å². The highest BCUT2D eigenvalue weighted by Gasteiger charge is 2.53. The van der Waals surface area contributed by atoms with Gasteiger partial charge in [0.05, 0.1) is 16.5 Å². The predicted octanol–water partition coefficient (Wildman–Crippen LogP) is 14.1. The molecule has 12 rings (SSSR count). The molecular weight excluding hydrogens is 687 g/mol. The monoisotopic (exact) mass is 725 g/mol. The van der Waals surface area contributed by atoms with Crippen LogP contribution in [0.2, 0.25) is 0 Å². The Kier molecular flexibility index (Phi) is 6.95. The fraction of sp³-hybridized carbons (Fsp3) is 0.0714. The summed E-state index contributed by atoms with van der Waals surface area (Å²) in [4.78, 5) is 2.52. The summed E-state index contributed by atoms with van der Waals surface area (Å²) in [5.74, 6) is 0. The van der Waals surface area contributed by atoms with E-state index in [0.717, 1.165) is 24.2 Å². The molecule has 1 heteroatoms. The fourth-order valence-electron chi connectivity index (χ4n) is 11.2. The van der Waals surface area contributed by atoms with Gasteiger partial charge >= 0.3 is 0 Å². The van der Waals surface area contributed by atoms with Gasteiger partial charge < -0.3 is 4.90 Å². The lowest BCUT2D eigenvalue weighted by Crippen LogP contribution is -2.30. The lowest BCUT2D eigenvalue weighted by atomic mass is 9.65. The Labute approximate surface area is 334 Å². The van der Waals surface area contributed by atoms with Crippen molar-refractivity contribution in [3.05, 3.63) is 257 Å². The highest BCUT2D eigenvalue weighted by Crippen LogP contribution is 2.65. The predicted molar refractivity (Wildman–Crippen MR) is 236 cm³/mol. The van der Waals surface area contributed by atoms with E-state index in [1.807, 2.05) is 0 Å². The van der Waals surface area contributed by atoms with Crippen LogP contribution >= 0.6 is 0 Å². The summed E-state index contributed by atoms with van der Waals surface area (Å²) in [5, 5.41) is 0. The van der Waals surface area contributed by atoms with Crippen molar-refractivity contribution in [2.75, 3.05) is 4.90 Å². The largest absolute Gasteiger partial charge is 0.310 e. The number of rotatable bonds is 5. The first-order chi connectivity index (χ1) is 28.3. The number of benzene rings is 8. The maximum absolute atomic E-state index is 2.52. The second-order valence-electron chi connectivity index (χ2n) is 15.8. The molecule has 8 aromatic carbocycles. The van der Waals surface area contributed by atoms with E-state index < -0.39 is 10.8 Å². The van der Waals surface area contributed by atoms with Gasteiger partial charge in [-0.2, -0.15) is 0 Å². The van der Waals surface area contributed by atoms with Gasteiger partial charge in [-0.25, -0.2) is 0 Å². The van der Waals surface area contributed by atoms with Crippen molar-refractivity contribution in [1.82, 2.24) is 0 Å². The van der Waals surface area contributed by atoms with Gasteiger partial charge in [0.1, 0.15) is 0 Å². The minimum Gasteiger partial charge on any atom is -0.310 e. The molecule has 0 heterocycles. The van der Waals surface area contributed by atoms with Crippen LogP contribution in [0.5, 0.6) is 0 Å². The normalized spacial score (nSPS) is 17.2. The summed E-state index contributed by atoms with van der Waals surface area (Å²) in [7, 11) is 0. The standard InChI is InChI=1S/C56H39N/c1-4-19-38(20-5-1)55(39-21-6-2-7-22-39)47-29-14-10-27-44(47)45-36-35-41(37-52(45)55)57(40-23-8-3-9-24-40)53-34-18-33-51-54(53)46-28-13-17-32-50(46)56(51)48-30-15-11-25-42(48)43-26-12-16-31-49(43)56/h1-6,8-21,23-37H,7,22H2. The number of hydrogen-bond acceptors (Lipinski definition) is 1. The first kappa shape index (κ1) is 32.3. The van der Waals surface area contributed by atoms with E-state index >= 15 is 0 Å². The molecule has 1 nitrogen and oxygen atoms in total. The van der Waals surface area contributed by atoms with Crippen molar-refractivity contribution in [2.24, 2.45) is 0 Å². The Balaban J connectivity index is 1.15. The van der Waals surface area contributed by atoms with E-state index in [9.17, 15) is 0 Å². The summed E-state index contributed by atoms with van der Waals surface area (Å²) < 4.78 is 0. The molecule has 57 heavy (non-hydrogen) atoms. The molecule has 0 saturated heterocycles. The van der Waals surface area contributed by atoms with Gasteiger partial charge in [-0.05, 0) is 110 Å². The summed E-state index contributed by atoms with van der Waals surface area (Å²) in [5.41, 5.74) is 21.4. The zero-order chi connectivity index (χ0) is 37.6. The molecule has 268 valence electrons. The van der Waals surface area contributed by atoms with Gasteiger partial charge in [0, 0.05) is 16.9 Å². The van der Waals surface area contributed by atoms with Crippen molar-refractivity contribution < 1.29 is 0 Å². The van der Waals surface area contributed by atoms with Crippen molar-refractivity contribution in [2.45, 2.75) is 23.7 Å². The summed E-state index contributed by atoms with van der Waals surface area (Å²) in [6.07, 6.45) is 9.02. The third kappa shape index (κ3) is 4.24. The zero-order valence-corrected chi connectivity index (χ0v) is 31.6. The molecule has 0 aliphatic heterocycles. The Morgan fingerprint density at radius 2 is 0.912 bits per heavy atom. The van der Waals surface area contributed by atoms with Gasteiger partial charge in [-0.3, -0.25) is 0 Å². The van der Waals surface area contributed by atoms with Crippen LogP contribution in [0.4, 0.5) is 17.1 Å². The van der Waals surface area contributed by atoms with E-state index in [4.69, 9.17) is 0 Å². The molecule has 8 aromatic rings. The molecule has 0 bridgehead atoms. The van der Waals surface area contributed by atoms with Crippen LogP contribution in [-0.4, -0.2) is 0 Å². The first-order valence-corrected chi connectivity index (χ1v) is 20.3. The number of nitrogens with zero attached hydrogens (tertiary/aromatic N) is 1. The molecule has 1 atom stereocenters. The average molecular weight is 726 g/mol. The van der Waals surface area contributed by atoms with Crippen LogP contribution in [0.15, 0.2) is 218 Å². The first-order valence-electron chi connectivity index (χ1n) is 20.3. The summed E-state index contributed by atoms with van der Waals surface area (Å²) in [6.45, 7) is 0. The quantitative estimate of drug-likeness (QED) is 0.171. The van der Waals surface area contributed by atoms with E-state index in [1.165, 1.54) is 83.6 Å². The van der Waals surface area contributed by atoms with Crippen LogP contribution in [-0.2, 0) is 10.8 Å². The Bertz CT molecular complexity index is 2920. The van der Waals surface area contributed by atoms with E-state index in [1.54, 1.807) is 0 Å². The number of fused-ring (bicyclic) bond motifs is 13. The number of hydrogen-bond donors (Lipinski definition) is 0. The SMILES string of the molecule is C1=CCCC(C2(c3ccccc3)c3ccccc3-c3ccc(N(c4ccccc4)c4cccc5c4-c4ccccc4C54c5ccccc5-c5ccccc54)cc32)=C1. The third-order valence-corrected chi connectivity index (χ3v) is 13.2. The summed E-state index contributed by atoms with van der Waals surface area (Å²) >= 11 is 0. The molecule has 0 amide bonds. The fourth-order valence-corrected chi connectivity index (χ4v) is 11.2. The number of anilines is 3. The molecule has 0 fully saturated rings. The third-order valence-electron chi connectivity index (χ3n) is 13.2. The molecule has 4 aliphatic rings. The minimum atomic E-state index is -0.416. The smallest absolute Gasteiger partial charge is 0.0726 e. The minimum absolute atomic E-state index is 0.414. The molecule has 0 aromatic heterocycles. The van der Waals surface area contributed by atoms with Gasteiger partial charge in [-0.1, -0.05) is 188 Å². The molecule has 0 N–H and O–H groups in total. The van der Waals surface area contributed by atoms with Crippen LogP contribution < -0.4 is 4.90 Å². The Hall–Kier alpha value is -6.96. The van der Waals surface area contributed by atoms with Crippen molar-refractivity contribution in [3.8, 4) is 33.4 Å². The molecular formula is C56H39N. The highest BCUT2D eigenvalue weighted by molar-refractivity contribution is 6.01. The second kappa shape index (κ2) is 12.3. The van der Waals surface area contributed by atoms with Gasteiger partial charge in [0.25, 0.3) is 0 Å². The van der Waals surface area contributed by atoms with Crippen molar-refractivity contribution in [3.63, 3.8) is 0 Å². The Morgan fingerprint density at radius 1 is 0.386 bits per heavy atom. The van der Waals surface area contributed by atoms with Gasteiger partial charge in [-0.15, -0.1) is 0 Å². The lowest BCUT2D eigenvalue weighted by Gasteiger charge is -2.37. The Morgan fingerprint density at radius 3 is 1.54 bits per heavy atom. The van der Waals surface area contributed by atoms with E-state index in [0.29, 0.717) is 0 Å². The van der Waals surface area contributed by atoms with Crippen LogP contribution in [0, 0.1) is 0 Å². The molecule has 1 spiro atoms. The number of allylic oxidation sites excluding steroid dienone is 4. The van der Waals surface area contributed by atoms with Crippen LogP contribution in [0.3, 0.4) is 0 Å². The van der Waals surface area contributed by atoms with Crippen molar-refractivity contribution in [1.29, 1.82) is 0 Å². The van der Waals surface area contributed by atoms with E-state index in [2.05, 4.69) is 217 Å².